The van der Waals surface area contributed by atoms with Crippen molar-refractivity contribution in [2.45, 2.75) is 31.3 Å². The smallest absolute Gasteiger partial charge is 0.435 e. The summed E-state index contributed by atoms with van der Waals surface area (Å²) in [5.74, 6) is -1.15. The normalized spacial score (nSPS) is 17.9. The third-order valence-corrected chi connectivity index (χ3v) is 6.93. The molecule has 0 saturated heterocycles. The number of hydrogen-bond donors (Lipinski definition) is 1. The quantitative estimate of drug-likeness (QED) is 0.323. The van der Waals surface area contributed by atoms with Crippen molar-refractivity contribution in [1.82, 2.24) is 4.98 Å². The molecule has 1 atom stereocenters. The number of aromatic carboxylic acids is 1. The summed E-state index contributed by atoms with van der Waals surface area (Å²) in [4.78, 5) is 19.5. The lowest BCUT2D eigenvalue weighted by atomic mass is 9.88. The number of thiophene rings is 1. The van der Waals surface area contributed by atoms with Crippen LogP contribution in [0.1, 0.15) is 37.8 Å². The van der Waals surface area contributed by atoms with Gasteiger partial charge in [0.15, 0.2) is 5.69 Å². The van der Waals surface area contributed by atoms with Crippen LogP contribution in [0, 0.1) is 6.92 Å². The van der Waals surface area contributed by atoms with Crippen LogP contribution in [0.2, 0.25) is 10.0 Å². The van der Waals surface area contributed by atoms with Crippen molar-refractivity contribution in [3.63, 3.8) is 0 Å². The lowest BCUT2D eigenvalue weighted by Gasteiger charge is -2.29. The fourth-order valence-corrected chi connectivity index (χ4v) is 5.09. The van der Waals surface area contributed by atoms with E-state index < -0.39 is 36.0 Å². The highest BCUT2D eigenvalue weighted by atomic mass is 35.5. The Labute approximate surface area is 211 Å². The molecule has 0 spiro atoms. The van der Waals surface area contributed by atoms with Crippen LogP contribution in [-0.4, -0.2) is 27.9 Å². The van der Waals surface area contributed by atoms with Gasteiger partial charge in [-0.05, 0) is 36.8 Å². The van der Waals surface area contributed by atoms with Crippen molar-refractivity contribution in [2.75, 3.05) is 0 Å². The number of rotatable bonds is 3. The Hall–Kier alpha value is -2.35. The molecule has 2 aromatic heterocycles. The number of oxime groups is 1. The number of carboxylic acids is 1. The summed E-state index contributed by atoms with van der Waals surface area (Å²) in [5, 5.41) is 13.8. The first kappa shape index (κ1) is 27.2. The largest absolute Gasteiger partial charge is 0.477 e. The van der Waals surface area contributed by atoms with Crippen molar-refractivity contribution < 1.29 is 41.1 Å². The topological polar surface area (TPSA) is 71.8 Å². The Kier molecular flexibility index (Phi) is 7.75. The molecule has 1 aliphatic heterocycles. The molecule has 35 heavy (non-hydrogen) atoms. The number of aromatic nitrogens is 1. The maximum atomic E-state index is 13.9. The third-order valence-electron chi connectivity index (χ3n) is 4.63. The number of hydrogen-bond acceptors (Lipinski definition) is 6. The average Bonchev–Trinajstić information content (AvgIpc) is 3.46. The highest BCUT2D eigenvalue weighted by Gasteiger charge is 2.62. The highest BCUT2D eigenvalue weighted by Crippen LogP contribution is 2.50. The average molecular weight is 577 g/mol. The van der Waals surface area contributed by atoms with E-state index in [2.05, 4.69) is 10.1 Å². The molecule has 1 aliphatic rings. The second-order valence-electron chi connectivity index (χ2n) is 7.09. The number of carboxylic acid groups (broad SMARTS) is 1. The Bertz CT molecular complexity index is 1240. The molecule has 1 aromatic carbocycles. The summed E-state index contributed by atoms with van der Waals surface area (Å²) < 4.78 is 76.4. The Morgan fingerprint density at radius 2 is 1.74 bits per heavy atom. The molecule has 3 heterocycles. The lowest BCUT2D eigenvalue weighted by Crippen LogP contribution is -2.42. The molecule has 1 unspecified atom stereocenters. The molecule has 188 valence electrons. The number of nitrogens with zero attached hydrogens (tertiary/aromatic N) is 2. The van der Waals surface area contributed by atoms with Gasteiger partial charge in [-0.1, -0.05) is 28.4 Å². The molecule has 0 saturated carbocycles. The van der Waals surface area contributed by atoms with Gasteiger partial charge in [0.2, 0.25) is 0 Å². The van der Waals surface area contributed by atoms with Gasteiger partial charge in [-0.3, -0.25) is 0 Å². The van der Waals surface area contributed by atoms with Gasteiger partial charge in [0, 0.05) is 21.0 Å². The van der Waals surface area contributed by atoms with Gasteiger partial charge in [-0.2, -0.15) is 26.3 Å². The summed E-state index contributed by atoms with van der Waals surface area (Å²) in [6, 6.07) is 5.05. The second kappa shape index (κ2) is 9.96. The molecule has 4 rings (SSSR count). The Balaban J connectivity index is 0.000000320. The fraction of sp³-hybridized carbons (Fsp3) is 0.250. The summed E-state index contributed by atoms with van der Waals surface area (Å²) in [7, 11) is 0. The molecule has 0 aliphatic carbocycles. The first-order valence-corrected chi connectivity index (χ1v) is 11.7. The number of thiazole rings is 1. The van der Waals surface area contributed by atoms with Gasteiger partial charge in [0.25, 0.3) is 5.60 Å². The van der Waals surface area contributed by atoms with Crippen molar-refractivity contribution >= 4 is 57.6 Å². The van der Waals surface area contributed by atoms with E-state index in [1.165, 1.54) is 12.1 Å². The van der Waals surface area contributed by atoms with Crippen molar-refractivity contribution in [3.8, 4) is 0 Å². The third kappa shape index (κ3) is 5.90. The zero-order valence-corrected chi connectivity index (χ0v) is 20.3. The zero-order valence-electron chi connectivity index (χ0n) is 17.2. The minimum absolute atomic E-state index is 0.0130. The van der Waals surface area contributed by atoms with E-state index >= 15 is 0 Å². The minimum atomic E-state index is -4.80. The first-order chi connectivity index (χ1) is 16.1. The predicted molar refractivity (Wildman–Crippen MR) is 120 cm³/mol. The summed E-state index contributed by atoms with van der Waals surface area (Å²) in [6.07, 6.45) is -9.69. The maximum absolute atomic E-state index is 13.9. The second-order valence-corrected chi connectivity index (χ2v) is 9.73. The summed E-state index contributed by atoms with van der Waals surface area (Å²) in [5.41, 5.74) is -2.21. The van der Waals surface area contributed by atoms with E-state index in [-0.39, 0.29) is 26.2 Å². The molecule has 5 nitrogen and oxygen atoms in total. The van der Waals surface area contributed by atoms with Crippen LogP contribution in [0.4, 0.5) is 26.3 Å². The SMILES string of the molecule is Cc1cc(C2=NOC(c3cc(Cl)cc(Cl)c3)(C(F)(F)F)C2)sc1C(=O)O.FC(F)(F)c1cscn1. The van der Waals surface area contributed by atoms with Crippen LogP contribution in [-0.2, 0) is 16.6 Å². The van der Waals surface area contributed by atoms with E-state index in [1.54, 1.807) is 6.92 Å². The molecule has 15 heteroatoms. The van der Waals surface area contributed by atoms with E-state index in [0.29, 0.717) is 10.4 Å². The molecule has 0 bridgehead atoms. The fourth-order valence-electron chi connectivity index (χ4n) is 3.01. The van der Waals surface area contributed by atoms with Crippen LogP contribution in [0.25, 0.3) is 0 Å². The van der Waals surface area contributed by atoms with Gasteiger partial charge in [-0.25, -0.2) is 9.78 Å². The minimum Gasteiger partial charge on any atom is -0.477 e. The summed E-state index contributed by atoms with van der Waals surface area (Å²) >= 11 is 13.5. The van der Waals surface area contributed by atoms with E-state index in [1.807, 2.05) is 0 Å². The predicted octanol–water partition coefficient (Wildman–Crippen LogP) is 7.81. The molecular formula is C20H12Cl2F6N2O3S2. The monoisotopic (exact) mass is 576 g/mol. The molecule has 0 fully saturated rings. The van der Waals surface area contributed by atoms with Crippen LogP contribution in [0.3, 0.4) is 0 Å². The van der Waals surface area contributed by atoms with Gasteiger partial charge in [-0.15, -0.1) is 22.7 Å². The molecule has 0 radical (unpaired) electrons. The van der Waals surface area contributed by atoms with Crippen LogP contribution in [0.5, 0.6) is 0 Å². The number of carbonyl (C=O) groups is 1. The van der Waals surface area contributed by atoms with Crippen molar-refractivity contribution in [1.29, 1.82) is 0 Å². The van der Waals surface area contributed by atoms with Crippen LogP contribution < -0.4 is 0 Å². The number of aryl methyl sites for hydroxylation is 1. The zero-order chi connectivity index (χ0) is 26.2. The molecule has 3 aromatic rings. The Morgan fingerprint density at radius 3 is 2.17 bits per heavy atom. The number of halogens is 8. The first-order valence-electron chi connectivity index (χ1n) is 9.22. The number of alkyl halides is 6. The molecule has 1 N–H and O–H groups in total. The van der Waals surface area contributed by atoms with Crippen molar-refractivity contribution in [2.24, 2.45) is 5.16 Å². The van der Waals surface area contributed by atoms with Gasteiger partial charge < -0.3 is 9.94 Å². The van der Waals surface area contributed by atoms with Gasteiger partial charge >= 0.3 is 18.3 Å². The maximum Gasteiger partial charge on any atom is 0.435 e. The van der Waals surface area contributed by atoms with E-state index in [9.17, 15) is 31.1 Å². The Morgan fingerprint density at radius 1 is 1.11 bits per heavy atom. The molecular weight excluding hydrogens is 565 g/mol. The van der Waals surface area contributed by atoms with Crippen LogP contribution >= 0.6 is 45.9 Å². The van der Waals surface area contributed by atoms with E-state index in [4.69, 9.17) is 33.1 Å². The van der Waals surface area contributed by atoms with Gasteiger partial charge in [0.1, 0.15) is 10.6 Å². The standard InChI is InChI=1S/C16H10Cl2F3NO3S.C4H2F3NS/c1-7-2-12(26-13(7)14(23)24)11-6-15(25-22-11,16(19,20)21)8-3-9(17)5-10(18)4-8;5-4(6,7)3-1-9-2-8-3/h2-5H,6H2,1H3,(H,23,24);1-2H. The van der Waals surface area contributed by atoms with Crippen molar-refractivity contribution in [3.05, 3.63) is 71.8 Å². The van der Waals surface area contributed by atoms with E-state index in [0.717, 1.165) is 45.7 Å². The highest BCUT2D eigenvalue weighted by molar-refractivity contribution is 7.16. The lowest BCUT2D eigenvalue weighted by molar-refractivity contribution is -0.275. The summed E-state index contributed by atoms with van der Waals surface area (Å²) in [6.45, 7) is 1.56. The number of benzene rings is 1. The van der Waals surface area contributed by atoms with Crippen LogP contribution in [0.15, 0.2) is 40.3 Å². The van der Waals surface area contributed by atoms with Gasteiger partial charge in [0.05, 0.1) is 16.8 Å². The molecule has 0 amide bonds.